The van der Waals surface area contributed by atoms with Crippen molar-refractivity contribution in [2.24, 2.45) is 5.73 Å². The van der Waals surface area contributed by atoms with E-state index in [1.807, 2.05) is 19.2 Å². The number of thiophene rings is 1. The minimum atomic E-state index is -0.213. The predicted molar refractivity (Wildman–Crippen MR) is 55.0 cm³/mol. The molecule has 14 heavy (non-hydrogen) atoms. The number of aryl methyl sites for hydroxylation is 1. The fourth-order valence-electron chi connectivity index (χ4n) is 1.12. The second-order valence-electron chi connectivity index (χ2n) is 3.21. The zero-order valence-electron chi connectivity index (χ0n) is 8.02. The third-order valence-electron chi connectivity index (χ3n) is 1.93. The van der Waals surface area contributed by atoms with Crippen LogP contribution in [0.3, 0.4) is 0 Å². The summed E-state index contributed by atoms with van der Waals surface area (Å²) in [5.41, 5.74) is 7.80. The van der Waals surface area contributed by atoms with Gasteiger partial charge in [-0.05, 0) is 24.8 Å². The molecule has 0 bridgehead atoms. The van der Waals surface area contributed by atoms with Crippen LogP contribution >= 0.6 is 11.3 Å². The van der Waals surface area contributed by atoms with Crippen molar-refractivity contribution in [3.05, 3.63) is 22.2 Å². The van der Waals surface area contributed by atoms with E-state index in [1.54, 1.807) is 11.3 Å². The molecule has 0 fully saturated rings. The van der Waals surface area contributed by atoms with Crippen LogP contribution in [-0.2, 0) is 0 Å². The lowest BCUT2D eigenvalue weighted by Gasteiger charge is -1.93. The number of hydrogen-bond donors (Lipinski definition) is 1. The lowest BCUT2D eigenvalue weighted by molar-refractivity contribution is 0.362. The van der Waals surface area contributed by atoms with Gasteiger partial charge in [-0.25, -0.2) is 0 Å². The maximum absolute atomic E-state index is 5.62. The molecule has 0 aliphatic heterocycles. The summed E-state index contributed by atoms with van der Waals surface area (Å²) in [4.78, 5) is 4.22. The van der Waals surface area contributed by atoms with Crippen molar-refractivity contribution >= 4 is 11.3 Å². The van der Waals surface area contributed by atoms with Gasteiger partial charge in [0.1, 0.15) is 0 Å². The summed E-state index contributed by atoms with van der Waals surface area (Å²) in [6.07, 6.45) is 0. The highest BCUT2D eigenvalue weighted by molar-refractivity contribution is 7.08. The lowest BCUT2D eigenvalue weighted by atomic mass is 10.2. The van der Waals surface area contributed by atoms with Gasteiger partial charge in [-0.3, -0.25) is 0 Å². The van der Waals surface area contributed by atoms with E-state index >= 15 is 0 Å². The largest absolute Gasteiger partial charge is 0.337 e. The van der Waals surface area contributed by atoms with Crippen LogP contribution in [0.15, 0.2) is 15.3 Å². The molecule has 0 saturated carbocycles. The molecule has 0 amide bonds. The van der Waals surface area contributed by atoms with Crippen molar-refractivity contribution in [2.75, 3.05) is 0 Å². The Kier molecular flexibility index (Phi) is 2.35. The van der Waals surface area contributed by atoms with Crippen molar-refractivity contribution in [3.8, 4) is 11.4 Å². The molecular formula is C9H11N3OS. The van der Waals surface area contributed by atoms with Crippen LogP contribution in [-0.4, -0.2) is 10.1 Å². The second-order valence-corrected chi connectivity index (χ2v) is 3.96. The summed E-state index contributed by atoms with van der Waals surface area (Å²) in [6.45, 7) is 3.84. The molecule has 4 nitrogen and oxygen atoms in total. The van der Waals surface area contributed by atoms with Crippen LogP contribution in [0.4, 0.5) is 0 Å². The molecule has 2 rings (SSSR count). The van der Waals surface area contributed by atoms with Gasteiger partial charge >= 0.3 is 0 Å². The molecule has 0 aliphatic carbocycles. The Bertz CT molecular complexity index is 433. The molecule has 2 heterocycles. The smallest absolute Gasteiger partial charge is 0.243 e. The Hall–Kier alpha value is -1.20. The number of rotatable bonds is 2. The zero-order chi connectivity index (χ0) is 10.1. The fourth-order valence-corrected chi connectivity index (χ4v) is 1.95. The number of hydrogen-bond acceptors (Lipinski definition) is 5. The topological polar surface area (TPSA) is 64.9 Å². The van der Waals surface area contributed by atoms with E-state index < -0.39 is 0 Å². The van der Waals surface area contributed by atoms with Crippen LogP contribution in [0.25, 0.3) is 11.4 Å². The highest BCUT2D eigenvalue weighted by atomic mass is 32.1. The highest BCUT2D eigenvalue weighted by Gasteiger charge is 2.13. The summed E-state index contributed by atoms with van der Waals surface area (Å²) in [7, 11) is 0. The number of aromatic nitrogens is 2. The molecule has 0 radical (unpaired) electrons. The van der Waals surface area contributed by atoms with Gasteiger partial charge in [-0.15, -0.1) is 0 Å². The van der Waals surface area contributed by atoms with Crippen LogP contribution in [0, 0.1) is 6.92 Å². The van der Waals surface area contributed by atoms with Gasteiger partial charge in [-0.1, -0.05) is 5.16 Å². The molecule has 1 atom stereocenters. The van der Waals surface area contributed by atoms with Crippen LogP contribution in [0.5, 0.6) is 0 Å². The van der Waals surface area contributed by atoms with E-state index in [0.29, 0.717) is 11.7 Å². The third kappa shape index (κ3) is 1.56. The van der Waals surface area contributed by atoms with E-state index in [1.165, 1.54) is 0 Å². The normalized spacial score (nSPS) is 13.1. The first kappa shape index (κ1) is 9.36. The van der Waals surface area contributed by atoms with Gasteiger partial charge in [0.2, 0.25) is 11.7 Å². The van der Waals surface area contributed by atoms with E-state index in [-0.39, 0.29) is 6.04 Å². The van der Waals surface area contributed by atoms with Gasteiger partial charge in [0.05, 0.1) is 6.04 Å². The Morgan fingerprint density at radius 3 is 2.79 bits per heavy atom. The standard InChI is InChI=1S/C9H11N3OS/c1-5-3-14-4-7(5)8-11-9(6(2)10)13-12-8/h3-4,6H,10H2,1-2H3/t6-/m0/s1. The SMILES string of the molecule is Cc1cscc1-c1noc([C@H](C)N)n1. The molecule has 74 valence electrons. The number of nitrogens with two attached hydrogens (primary N) is 1. The summed E-state index contributed by atoms with van der Waals surface area (Å²) in [5, 5.41) is 7.94. The van der Waals surface area contributed by atoms with Crippen molar-refractivity contribution in [1.29, 1.82) is 0 Å². The maximum Gasteiger partial charge on any atom is 0.243 e. The Morgan fingerprint density at radius 2 is 2.29 bits per heavy atom. The average Bonchev–Trinajstić information content (AvgIpc) is 2.71. The van der Waals surface area contributed by atoms with Crippen molar-refractivity contribution in [3.63, 3.8) is 0 Å². The minimum absolute atomic E-state index is 0.213. The second kappa shape index (κ2) is 3.51. The Balaban J connectivity index is 2.39. The van der Waals surface area contributed by atoms with Crippen LogP contribution < -0.4 is 5.73 Å². The van der Waals surface area contributed by atoms with Crippen molar-refractivity contribution in [1.82, 2.24) is 10.1 Å². The fraction of sp³-hybridized carbons (Fsp3) is 0.333. The van der Waals surface area contributed by atoms with Gasteiger partial charge in [-0.2, -0.15) is 16.3 Å². The van der Waals surface area contributed by atoms with Gasteiger partial charge in [0.15, 0.2) is 0 Å². The molecule has 0 aromatic carbocycles. The molecule has 0 aliphatic rings. The first-order valence-corrected chi connectivity index (χ1v) is 5.25. The average molecular weight is 209 g/mol. The molecule has 0 unspecified atom stereocenters. The first-order valence-electron chi connectivity index (χ1n) is 4.31. The lowest BCUT2D eigenvalue weighted by Crippen LogP contribution is -2.04. The van der Waals surface area contributed by atoms with Crippen molar-refractivity contribution < 1.29 is 4.52 Å². The summed E-state index contributed by atoms with van der Waals surface area (Å²) in [5.74, 6) is 1.10. The van der Waals surface area contributed by atoms with Gasteiger partial charge in [0.25, 0.3) is 0 Å². The van der Waals surface area contributed by atoms with E-state index in [0.717, 1.165) is 11.1 Å². The van der Waals surface area contributed by atoms with Gasteiger partial charge in [0, 0.05) is 10.9 Å². The van der Waals surface area contributed by atoms with E-state index in [4.69, 9.17) is 10.3 Å². The quantitative estimate of drug-likeness (QED) is 0.822. The Morgan fingerprint density at radius 1 is 1.50 bits per heavy atom. The van der Waals surface area contributed by atoms with E-state index in [9.17, 15) is 0 Å². The zero-order valence-corrected chi connectivity index (χ0v) is 8.84. The maximum atomic E-state index is 5.62. The molecule has 2 aromatic rings. The molecule has 2 N–H and O–H groups in total. The van der Waals surface area contributed by atoms with Crippen LogP contribution in [0.2, 0.25) is 0 Å². The molecule has 0 spiro atoms. The van der Waals surface area contributed by atoms with Gasteiger partial charge < -0.3 is 10.3 Å². The molecule has 0 saturated heterocycles. The summed E-state index contributed by atoms with van der Waals surface area (Å²) < 4.78 is 5.02. The third-order valence-corrected chi connectivity index (χ3v) is 2.79. The van der Waals surface area contributed by atoms with E-state index in [2.05, 4.69) is 15.5 Å². The molecular weight excluding hydrogens is 198 g/mol. The van der Waals surface area contributed by atoms with Crippen molar-refractivity contribution in [2.45, 2.75) is 19.9 Å². The summed E-state index contributed by atoms with van der Waals surface area (Å²) in [6, 6.07) is -0.213. The molecule has 2 aromatic heterocycles. The minimum Gasteiger partial charge on any atom is -0.337 e. The predicted octanol–water partition coefficient (Wildman–Crippen LogP) is 2.13. The first-order chi connectivity index (χ1) is 6.68. The van der Waals surface area contributed by atoms with Crippen LogP contribution in [0.1, 0.15) is 24.4 Å². The Labute approximate surface area is 85.7 Å². The monoisotopic (exact) mass is 209 g/mol. The summed E-state index contributed by atoms with van der Waals surface area (Å²) >= 11 is 1.63. The molecule has 5 heteroatoms. The highest BCUT2D eigenvalue weighted by Crippen LogP contribution is 2.24. The number of nitrogens with zero attached hydrogens (tertiary/aromatic N) is 2.